The Labute approximate surface area is 99.7 Å². The molecule has 0 bridgehead atoms. The summed E-state index contributed by atoms with van der Waals surface area (Å²) in [6, 6.07) is 4.77. The average molecular weight is 259 g/mol. The SMILES string of the molecule is CN(C)S(=O)(=O)N(C)C(C#N)c1cccs1. The van der Waals surface area contributed by atoms with E-state index in [1.165, 1.54) is 32.5 Å². The van der Waals surface area contributed by atoms with Crippen molar-refractivity contribution in [1.82, 2.24) is 8.61 Å². The van der Waals surface area contributed by atoms with E-state index in [9.17, 15) is 8.42 Å². The fourth-order valence-corrected chi connectivity index (χ4v) is 2.98. The first-order chi connectivity index (χ1) is 7.41. The van der Waals surface area contributed by atoms with Gasteiger partial charge >= 0.3 is 0 Å². The second-order valence-corrected chi connectivity index (χ2v) is 6.53. The van der Waals surface area contributed by atoms with Crippen LogP contribution in [0.3, 0.4) is 0 Å². The van der Waals surface area contributed by atoms with E-state index in [4.69, 9.17) is 5.26 Å². The van der Waals surface area contributed by atoms with E-state index in [2.05, 4.69) is 0 Å². The first-order valence-electron chi connectivity index (χ1n) is 4.49. The van der Waals surface area contributed by atoms with Gasteiger partial charge in [0.05, 0.1) is 6.07 Å². The summed E-state index contributed by atoms with van der Waals surface area (Å²) in [5.74, 6) is 0. The number of hydrogen-bond donors (Lipinski definition) is 0. The van der Waals surface area contributed by atoms with Crippen LogP contribution in [0.25, 0.3) is 0 Å². The number of nitrogens with zero attached hydrogens (tertiary/aromatic N) is 3. The molecule has 0 N–H and O–H groups in total. The molecule has 1 unspecified atom stereocenters. The second-order valence-electron chi connectivity index (χ2n) is 3.35. The van der Waals surface area contributed by atoms with Crippen molar-refractivity contribution in [2.24, 2.45) is 0 Å². The molecule has 88 valence electrons. The van der Waals surface area contributed by atoms with Gasteiger partial charge in [0.25, 0.3) is 10.2 Å². The fourth-order valence-electron chi connectivity index (χ4n) is 1.16. The molecule has 1 atom stereocenters. The molecule has 1 heterocycles. The van der Waals surface area contributed by atoms with Crippen molar-refractivity contribution < 1.29 is 8.42 Å². The van der Waals surface area contributed by atoms with Crippen molar-refractivity contribution in [2.75, 3.05) is 21.1 Å². The third kappa shape index (κ3) is 2.41. The van der Waals surface area contributed by atoms with E-state index in [0.29, 0.717) is 0 Å². The molecule has 0 aromatic carbocycles. The lowest BCUT2D eigenvalue weighted by Gasteiger charge is -2.24. The molecule has 0 aliphatic heterocycles. The molecule has 0 saturated heterocycles. The normalized spacial score (nSPS) is 14.0. The minimum absolute atomic E-state index is 0.718. The third-order valence-electron chi connectivity index (χ3n) is 2.12. The summed E-state index contributed by atoms with van der Waals surface area (Å²) in [6.07, 6.45) is 0. The number of thiophene rings is 1. The predicted octanol–water partition coefficient (Wildman–Crippen LogP) is 1.05. The van der Waals surface area contributed by atoms with Crippen molar-refractivity contribution in [1.29, 1.82) is 5.26 Å². The Morgan fingerprint density at radius 3 is 2.44 bits per heavy atom. The second kappa shape index (κ2) is 4.93. The van der Waals surface area contributed by atoms with Crippen LogP contribution in [-0.4, -0.2) is 38.2 Å². The zero-order valence-corrected chi connectivity index (χ0v) is 10.9. The Hall–Kier alpha value is -0.940. The highest BCUT2D eigenvalue weighted by Gasteiger charge is 2.29. The Morgan fingerprint density at radius 1 is 1.44 bits per heavy atom. The zero-order chi connectivity index (χ0) is 12.3. The van der Waals surface area contributed by atoms with Gasteiger partial charge in [-0.2, -0.15) is 22.3 Å². The molecule has 1 rings (SSSR count). The van der Waals surface area contributed by atoms with E-state index in [-0.39, 0.29) is 0 Å². The maximum absolute atomic E-state index is 11.8. The van der Waals surface area contributed by atoms with Crippen molar-refractivity contribution >= 4 is 21.5 Å². The lowest BCUT2D eigenvalue weighted by molar-refractivity contribution is 0.392. The number of hydrogen-bond acceptors (Lipinski definition) is 4. The van der Waals surface area contributed by atoms with Crippen LogP contribution in [0, 0.1) is 11.3 Å². The zero-order valence-electron chi connectivity index (χ0n) is 9.28. The van der Waals surface area contributed by atoms with Crippen molar-refractivity contribution in [3.8, 4) is 6.07 Å². The van der Waals surface area contributed by atoms with Gasteiger partial charge < -0.3 is 0 Å². The van der Waals surface area contributed by atoms with Crippen LogP contribution in [0.5, 0.6) is 0 Å². The van der Waals surface area contributed by atoms with Gasteiger partial charge in [-0.1, -0.05) is 6.07 Å². The minimum atomic E-state index is -3.56. The van der Waals surface area contributed by atoms with E-state index in [0.717, 1.165) is 13.5 Å². The Balaban J connectivity index is 3.06. The van der Waals surface area contributed by atoms with Crippen LogP contribution >= 0.6 is 11.3 Å². The van der Waals surface area contributed by atoms with Gasteiger partial charge in [0.1, 0.15) is 6.04 Å². The molecule has 0 spiro atoms. The molecule has 5 nitrogen and oxygen atoms in total. The monoisotopic (exact) mass is 259 g/mol. The Kier molecular flexibility index (Phi) is 4.04. The van der Waals surface area contributed by atoms with Crippen LogP contribution in [0.2, 0.25) is 0 Å². The van der Waals surface area contributed by atoms with Crippen molar-refractivity contribution in [3.05, 3.63) is 22.4 Å². The first kappa shape index (κ1) is 13.1. The lowest BCUT2D eigenvalue weighted by Crippen LogP contribution is -2.39. The highest BCUT2D eigenvalue weighted by Crippen LogP contribution is 2.25. The molecule has 1 aromatic heterocycles. The van der Waals surface area contributed by atoms with E-state index in [1.54, 1.807) is 12.1 Å². The van der Waals surface area contributed by atoms with Gasteiger partial charge in [-0.05, 0) is 11.4 Å². The van der Waals surface area contributed by atoms with Gasteiger partial charge in [0.2, 0.25) is 0 Å². The summed E-state index contributed by atoms with van der Waals surface area (Å²) in [5, 5.41) is 10.9. The summed E-state index contributed by atoms with van der Waals surface area (Å²) < 4.78 is 25.8. The molecule has 0 saturated carbocycles. The van der Waals surface area contributed by atoms with Gasteiger partial charge in [0, 0.05) is 26.0 Å². The maximum Gasteiger partial charge on any atom is 0.282 e. The maximum atomic E-state index is 11.8. The topological polar surface area (TPSA) is 64.4 Å². The van der Waals surface area contributed by atoms with Gasteiger partial charge in [0.15, 0.2) is 0 Å². The molecule has 1 aromatic rings. The molecule has 0 amide bonds. The average Bonchev–Trinajstić information content (AvgIpc) is 2.71. The molecular weight excluding hydrogens is 246 g/mol. The minimum Gasteiger partial charge on any atom is -0.196 e. The molecule has 0 fully saturated rings. The quantitative estimate of drug-likeness (QED) is 0.812. The van der Waals surface area contributed by atoms with Gasteiger partial charge in [-0.15, -0.1) is 11.3 Å². The van der Waals surface area contributed by atoms with Gasteiger partial charge in [-0.3, -0.25) is 0 Å². The van der Waals surface area contributed by atoms with E-state index < -0.39 is 16.3 Å². The predicted molar refractivity (Wildman–Crippen MR) is 63.0 cm³/mol. The number of nitriles is 1. The molecular formula is C9H13N3O2S2. The highest BCUT2D eigenvalue weighted by molar-refractivity contribution is 7.86. The first-order valence-corrected chi connectivity index (χ1v) is 6.77. The smallest absolute Gasteiger partial charge is 0.196 e. The van der Waals surface area contributed by atoms with E-state index >= 15 is 0 Å². The largest absolute Gasteiger partial charge is 0.282 e. The highest BCUT2D eigenvalue weighted by atomic mass is 32.2. The number of rotatable bonds is 4. The Morgan fingerprint density at radius 2 is 2.06 bits per heavy atom. The summed E-state index contributed by atoms with van der Waals surface area (Å²) >= 11 is 1.36. The summed E-state index contributed by atoms with van der Waals surface area (Å²) in [7, 11) is 0.721. The summed E-state index contributed by atoms with van der Waals surface area (Å²) in [6.45, 7) is 0. The van der Waals surface area contributed by atoms with Crippen LogP contribution in [0.4, 0.5) is 0 Å². The standard InChI is InChI=1S/C9H13N3O2S2/c1-11(2)16(13,14)12(3)8(7-10)9-5-4-6-15-9/h4-6,8H,1-3H3. The third-order valence-corrected chi connectivity index (χ3v) is 4.91. The molecule has 0 radical (unpaired) electrons. The van der Waals surface area contributed by atoms with Gasteiger partial charge in [-0.25, -0.2) is 0 Å². The van der Waals surface area contributed by atoms with Crippen LogP contribution in [-0.2, 0) is 10.2 Å². The van der Waals surface area contributed by atoms with Crippen LogP contribution < -0.4 is 0 Å². The van der Waals surface area contributed by atoms with Crippen molar-refractivity contribution in [3.63, 3.8) is 0 Å². The molecule has 0 aliphatic rings. The van der Waals surface area contributed by atoms with Crippen LogP contribution in [0.15, 0.2) is 17.5 Å². The van der Waals surface area contributed by atoms with E-state index in [1.807, 2.05) is 11.4 Å². The lowest BCUT2D eigenvalue weighted by atomic mass is 10.3. The van der Waals surface area contributed by atoms with Crippen molar-refractivity contribution in [2.45, 2.75) is 6.04 Å². The summed E-state index contributed by atoms with van der Waals surface area (Å²) in [5.41, 5.74) is 0. The molecule has 7 heteroatoms. The van der Waals surface area contributed by atoms with Crippen LogP contribution in [0.1, 0.15) is 10.9 Å². The molecule has 0 aliphatic carbocycles. The summed E-state index contributed by atoms with van der Waals surface area (Å²) in [4.78, 5) is 0.718. The Bertz CT molecular complexity index is 473. The fraction of sp³-hybridized carbons (Fsp3) is 0.444. The molecule has 16 heavy (non-hydrogen) atoms.